The number of carbonyl (C=O) groups excluding carboxylic acids is 1. The van der Waals surface area contributed by atoms with Gasteiger partial charge in [0, 0.05) is 25.1 Å². The zero-order valence-electron chi connectivity index (χ0n) is 10.6. The minimum Gasteiger partial charge on any atom is -0.480 e. The fraction of sp³-hybridized carbons (Fsp3) is 0.667. The summed E-state index contributed by atoms with van der Waals surface area (Å²) >= 11 is 0. The molecule has 2 unspecified atom stereocenters. The Labute approximate surface area is 107 Å². The predicted molar refractivity (Wildman–Crippen MR) is 66.3 cm³/mol. The summed E-state index contributed by atoms with van der Waals surface area (Å²) in [6, 6.07) is -0.405. The van der Waals surface area contributed by atoms with E-state index >= 15 is 0 Å². The number of carboxylic acid groups (broad SMARTS) is 1. The van der Waals surface area contributed by atoms with E-state index in [-0.39, 0.29) is 25.2 Å². The molecule has 18 heavy (non-hydrogen) atoms. The van der Waals surface area contributed by atoms with Crippen LogP contribution in [0.4, 0.5) is 4.79 Å². The Kier molecular flexibility index (Phi) is 5.64. The summed E-state index contributed by atoms with van der Waals surface area (Å²) in [4.78, 5) is 23.8. The topological polar surface area (TPSA) is 78.9 Å². The van der Waals surface area contributed by atoms with Crippen LogP contribution in [0.25, 0.3) is 0 Å². The first-order chi connectivity index (χ1) is 8.54. The Hall–Kier alpha value is -1.56. The molecule has 102 valence electrons. The summed E-state index contributed by atoms with van der Waals surface area (Å²) in [6.45, 7) is 6.67. The molecule has 0 aliphatic carbocycles. The molecule has 0 radical (unpaired) electrons. The smallest absolute Gasteiger partial charge is 0.323 e. The highest BCUT2D eigenvalue weighted by atomic mass is 16.5. The second-order valence-electron chi connectivity index (χ2n) is 4.42. The quantitative estimate of drug-likeness (QED) is 0.685. The third-order valence-electron chi connectivity index (χ3n) is 2.99. The Morgan fingerprint density at radius 1 is 1.67 bits per heavy atom. The molecule has 2 N–H and O–H groups in total. The van der Waals surface area contributed by atoms with Crippen molar-refractivity contribution >= 4 is 12.0 Å². The first kappa shape index (κ1) is 14.5. The third-order valence-corrected chi connectivity index (χ3v) is 2.99. The van der Waals surface area contributed by atoms with E-state index in [4.69, 9.17) is 9.84 Å². The SMILES string of the molecule is C=CCN(CC(=O)O)C(=O)NC(C)C1CCOC1. The van der Waals surface area contributed by atoms with Crippen LogP contribution < -0.4 is 5.32 Å². The second kappa shape index (κ2) is 7.00. The van der Waals surface area contributed by atoms with Crippen LogP contribution in [-0.4, -0.2) is 54.4 Å². The fourth-order valence-corrected chi connectivity index (χ4v) is 1.89. The normalized spacial score (nSPS) is 20.2. The molecule has 0 saturated carbocycles. The largest absolute Gasteiger partial charge is 0.480 e. The summed E-state index contributed by atoms with van der Waals surface area (Å²) in [6.07, 6.45) is 2.42. The van der Waals surface area contributed by atoms with E-state index in [9.17, 15) is 9.59 Å². The monoisotopic (exact) mass is 256 g/mol. The van der Waals surface area contributed by atoms with Crippen molar-refractivity contribution in [3.05, 3.63) is 12.7 Å². The van der Waals surface area contributed by atoms with Crippen molar-refractivity contribution in [2.24, 2.45) is 5.92 Å². The number of ether oxygens (including phenoxy) is 1. The number of rotatable bonds is 6. The number of carbonyl (C=O) groups is 2. The van der Waals surface area contributed by atoms with Gasteiger partial charge in [-0.25, -0.2) is 4.79 Å². The maximum absolute atomic E-state index is 11.9. The van der Waals surface area contributed by atoms with Gasteiger partial charge < -0.3 is 20.1 Å². The van der Waals surface area contributed by atoms with Gasteiger partial charge in [-0.15, -0.1) is 6.58 Å². The molecule has 1 aliphatic heterocycles. The van der Waals surface area contributed by atoms with E-state index in [1.54, 1.807) is 0 Å². The number of hydrogen-bond donors (Lipinski definition) is 2. The van der Waals surface area contributed by atoms with Gasteiger partial charge >= 0.3 is 12.0 Å². The molecule has 0 spiro atoms. The van der Waals surface area contributed by atoms with Crippen LogP contribution in [-0.2, 0) is 9.53 Å². The van der Waals surface area contributed by atoms with Crippen molar-refractivity contribution in [2.75, 3.05) is 26.3 Å². The van der Waals surface area contributed by atoms with Crippen molar-refractivity contribution in [3.8, 4) is 0 Å². The summed E-state index contributed by atoms with van der Waals surface area (Å²) in [5, 5.41) is 11.5. The van der Waals surface area contributed by atoms with Gasteiger partial charge in [0.05, 0.1) is 6.61 Å². The van der Waals surface area contributed by atoms with Crippen molar-refractivity contribution in [1.29, 1.82) is 0 Å². The molecule has 1 rings (SSSR count). The van der Waals surface area contributed by atoms with Crippen LogP contribution in [0, 0.1) is 5.92 Å². The summed E-state index contributed by atoms with van der Waals surface area (Å²) in [7, 11) is 0. The Bertz CT molecular complexity index is 313. The van der Waals surface area contributed by atoms with Gasteiger partial charge in [-0.1, -0.05) is 6.08 Å². The maximum Gasteiger partial charge on any atom is 0.323 e. The van der Waals surface area contributed by atoms with Crippen molar-refractivity contribution in [2.45, 2.75) is 19.4 Å². The van der Waals surface area contributed by atoms with Gasteiger partial charge in [-0.2, -0.15) is 0 Å². The van der Waals surface area contributed by atoms with Gasteiger partial charge in [0.25, 0.3) is 0 Å². The lowest BCUT2D eigenvalue weighted by molar-refractivity contribution is -0.137. The maximum atomic E-state index is 11.9. The van der Waals surface area contributed by atoms with Crippen LogP contribution in [0.5, 0.6) is 0 Å². The van der Waals surface area contributed by atoms with E-state index in [2.05, 4.69) is 11.9 Å². The van der Waals surface area contributed by atoms with E-state index < -0.39 is 5.97 Å². The Morgan fingerprint density at radius 2 is 2.39 bits per heavy atom. The van der Waals surface area contributed by atoms with Crippen molar-refractivity contribution in [1.82, 2.24) is 10.2 Å². The molecule has 6 heteroatoms. The lowest BCUT2D eigenvalue weighted by atomic mass is 10.0. The van der Waals surface area contributed by atoms with Crippen LogP contribution in [0.15, 0.2) is 12.7 Å². The molecular weight excluding hydrogens is 236 g/mol. The molecular formula is C12H20N2O4. The molecule has 1 aliphatic rings. The lowest BCUT2D eigenvalue weighted by Crippen LogP contribution is -2.48. The summed E-state index contributed by atoms with van der Waals surface area (Å²) in [5.74, 6) is -0.742. The molecule has 0 aromatic carbocycles. The number of amides is 2. The van der Waals surface area contributed by atoms with E-state index in [1.807, 2.05) is 6.92 Å². The number of urea groups is 1. The summed E-state index contributed by atoms with van der Waals surface area (Å²) < 4.78 is 5.26. The Balaban J connectivity index is 2.48. The van der Waals surface area contributed by atoms with Crippen molar-refractivity contribution < 1.29 is 19.4 Å². The highest BCUT2D eigenvalue weighted by Crippen LogP contribution is 2.16. The number of hydrogen-bond acceptors (Lipinski definition) is 3. The van der Waals surface area contributed by atoms with Gasteiger partial charge in [0.2, 0.25) is 0 Å². The molecule has 6 nitrogen and oxygen atoms in total. The number of aliphatic carboxylic acids is 1. The molecule has 1 heterocycles. The van der Waals surface area contributed by atoms with Crippen molar-refractivity contribution in [3.63, 3.8) is 0 Å². The third kappa shape index (κ3) is 4.37. The highest BCUT2D eigenvalue weighted by molar-refractivity contribution is 5.80. The average molecular weight is 256 g/mol. The molecule has 0 aromatic heterocycles. The van der Waals surface area contributed by atoms with Crippen LogP contribution >= 0.6 is 0 Å². The lowest BCUT2D eigenvalue weighted by Gasteiger charge is -2.25. The standard InChI is InChI=1S/C12H20N2O4/c1-3-5-14(7-11(15)16)12(17)13-9(2)10-4-6-18-8-10/h3,9-10H,1,4-8H2,2H3,(H,13,17)(H,15,16). The number of carboxylic acids is 1. The molecule has 0 aromatic rings. The van der Waals surface area contributed by atoms with Crippen LogP contribution in [0.2, 0.25) is 0 Å². The molecule has 2 amide bonds. The predicted octanol–water partition coefficient (Wildman–Crippen LogP) is 0.694. The van der Waals surface area contributed by atoms with E-state index in [0.717, 1.165) is 13.0 Å². The van der Waals surface area contributed by atoms with Gasteiger partial charge in [0.1, 0.15) is 6.54 Å². The van der Waals surface area contributed by atoms with Crippen LogP contribution in [0.3, 0.4) is 0 Å². The minimum absolute atomic E-state index is 0.0267. The minimum atomic E-state index is -1.04. The zero-order chi connectivity index (χ0) is 13.5. The highest BCUT2D eigenvalue weighted by Gasteiger charge is 2.25. The average Bonchev–Trinajstić information content (AvgIpc) is 2.81. The first-order valence-electron chi connectivity index (χ1n) is 6.00. The van der Waals surface area contributed by atoms with E-state index in [1.165, 1.54) is 11.0 Å². The van der Waals surface area contributed by atoms with Gasteiger partial charge in [-0.05, 0) is 13.3 Å². The molecule has 2 atom stereocenters. The number of nitrogens with one attached hydrogen (secondary N) is 1. The van der Waals surface area contributed by atoms with Gasteiger partial charge in [-0.3, -0.25) is 4.79 Å². The Morgan fingerprint density at radius 3 is 2.89 bits per heavy atom. The molecule has 0 bridgehead atoms. The zero-order valence-corrected chi connectivity index (χ0v) is 10.6. The number of nitrogens with zero attached hydrogens (tertiary/aromatic N) is 1. The molecule has 1 fully saturated rings. The van der Waals surface area contributed by atoms with E-state index in [0.29, 0.717) is 12.5 Å². The molecule has 1 saturated heterocycles. The first-order valence-corrected chi connectivity index (χ1v) is 6.00. The summed E-state index contributed by atoms with van der Waals surface area (Å²) in [5.41, 5.74) is 0. The van der Waals surface area contributed by atoms with Crippen LogP contribution in [0.1, 0.15) is 13.3 Å². The fourth-order valence-electron chi connectivity index (χ4n) is 1.89. The second-order valence-corrected chi connectivity index (χ2v) is 4.42. The van der Waals surface area contributed by atoms with Gasteiger partial charge in [0.15, 0.2) is 0 Å².